The molecule has 0 aliphatic carbocycles. The molecule has 0 bridgehead atoms. The minimum absolute atomic E-state index is 0.0531. The first-order valence-corrected chi connectivity index (χ1v) is 10.0. The Kier molecular flexibility index (Phi) is 7.82. The minimum atomic E-state index is -0.893. The Balaban J connectivity index is 2.43. The van der Waals surface area contributed by atoms with Crippen molar-refractivity contribution in [1.29, 1.82) is 0 Å². The van der Waals surface area contributed by atoms with Crippen LogP contribution in [0, 0.1) is 13.8 Å². The van der Waals surface area contributed by atoms with E-state index in [1.807, 2.05) is 32.0 Å². The van der Waals surface area contributed by atoms with Crippen LogP contribution in [0.2, 0.25) is 0 Å². The standard InChI is InChI=1S/C24H32O5/c1-6-24(7-2,18-8-10-21(16(3)12-18)23(27)28-5)19-9-11-22(17(4)13-19)29-15-20(26)14-25/h8-13,20,25-26H,6-7,14-15H2,1-5H3. The average molecular weight is 401 g/mol. The predicted octanol–water partition coefficient (Wildman–Crippen LogP) is 3.93. The van der Waals surface area contributed by atoms with Gasteiger partial charge in [0.2, 0.25) is 0 Å². The van der Waals surface area contributed by atoms with E-state index in [4.69, 9.17) is 14.6 Å². The molecule has 0 aliphatic rings. The molecule has 0 amide bonds. The van der Waals surface area contributed by atoms with E-state index in [1.54, 1.807) is 0 Å². The van der Waals surface area contributed by atoms with Crippen molar-refractivity contribution in [3.63, 3.8) is 0 Å². The van der Waals surface area contributed by atoms with Crippen LogP contribution < -0.4 is 4.74 Å². The van der Waals surface area contributed by atoms with E-state index in [0.29, 0.717) is 11.3 Å². The average Bonchev–Trinajstić information content (AvgIpc) is 2.73. The molecular weight excluding hydrogens is 368 g/mol. The first-order chi connectivity index (χ1) is 13.8. The van der Waals surface area contributed by atoms with Gasteiger partial charge in [0, 0.05) is 5.41 Å². The van der Waals surface area contributed by atoms with Gasteiger partial charge in [-0.15, -0.1) is 0 Å². The summed E-state index contributed by atoms with van der Waals surface area (Å²) in [5.74, 6) is 0.370. The van der Waals surface area contributed by atoms with Gasteiger partial charge in [-0.3, -0.25) is 0 Å². The summed E-state index contributed by atoms with van der Waals surface area (Å²) in [6.45, 7) is 7.98. The molecule has 0 heterocycles. The molecule has 2 rings (SSSR count). The van der Waals surface area contributed by atoms with E-state index in [0.717, 1.165) is 29.5 Å². The second-order valence-electron chi connectivity index (χ2n) is 7.44. The van der Waals surface area contributed by atoms with Gasteiger partial charge in [0.25, 0.3) is 0 Å². The molecule has 29 heavy (non-hydrogen) atoms. The number of hydrogen-bond acceptors (Lipinski definition) is 5. The minimum Gasteiger partial charge on any atom is -0.491 e. The lowest BCUT2D eigenvalue weighted by Gasteiger charge is -2.34. The Morgan fingerprint density at radius 3 is 2.10 bits per heavy atom. The molecular formula is C24H32O5. The number of benzene rings is 2. The highest BCUT2D eigenvalue weighted by molar-refractivity contribution is 5.91. The molecule has 158 valence electrons. The third kappa shape index (κ3) is 4.80. The zero-order valence-electron chi connectivity index (χ0n) is 18.0. The molecule has 0 spiro atoms. The Labute approximate surface area is 173 Å². The van der Waals surface area contributed by atoms with Crippen molar-refractivity contribution < 1.29 is 24.5 Å². The third-order valence-corrected chi connectivity index (χ3v) is 5.76. The molecule has 5 nitrogen and oxygen atoms in total. The third-order valence-electron chi connectivity index (χ3n) is 5.76. The van der Waals surface area contributed by atoms with E-state index in [-0.39, 0.29) is 24.6 Å². The van der Waals surface area contributed by atoms with Gasteiger partial charge in [0.05, 0.1) is 19.3 Å². The quantitative estimate of drug-likeness (QED) is 0.624. The largest absolute Gasteiger partial charge is 0.491 e. The van der Waals surface area contributed by atoms with Crippen LogP contribution in [0.4, 0.5) is 0 Å². The molecule has 5 heteroatoms. The molecule has 2 aromatic carbocycles. The Morgan fingerprint density at radius 1 is 1.03 bits per heavy atom. The van der Waals surface area contributed by atoms with Crippen LogP contribution in [-0.4, -0.2) is 42.6 Å². The fraction of sp³-hybridized carbons (Fsp3) is 0.458. The number of hydrogen-bond donors (Lipinski definition) is 2. The van der Waals surface area contributed by atoms with Crippen LogP contribution in [0.3, 0.4) is 0 Å². The smallest absolute Gasteiger partial charge is 0.338 e. The van der Waals surface area contributed by atoms with Gasteiger partial charge in [0.1, 0.15) is 18.5 Å². The summed E-state index contributed by atoms with van der Waals surface area (Å²) in [6, 6.07) is 12.0. The molecule has 1 unspecified atom stereocenters. The Hall–Kier alpha value is -2.37. The lowest BCUT2D eigenvalue weighted by molar-refractivity contribution is 0.0534. The number of aryl methyl sites for hydroxylation is 2. The Bertz CT molecular complexity index is 839. The molecule has 2 aromatic rings. The molecule has 0 aliphatic heterocycles. The summed E-state index contributed by atoms with van der Waals surface area (Å²) in [5, 5.41) is 18.5. The molecule has 2 N–H and O–H groups in total. The van der Waals surface area contributed by atoms with Crippen LogP contribution in [0.15, 0.2) is 36.4 Å². The van der Waals surface area contributed by atoms with Crippen molar-refractivity contribution in [2.45, 2.75) is 52.1 Å². The number of aliphatic hydroxyl groups excluding tert-OH is 2. The monoisotopic (exact) mass is 400 g/mol. The summed E-state index contributed by atoms with van der Waals surface area (Å²) >= 11 is 0. The number of carbonyl (C=O) groups is 1. The van der Waals surface area contributed by atoms with Gasteiger partial charge in [-0.25, -0.2) is 4.79 Å². The summed E-state index contributed by atoms with van der Waals surface area (Å²) in [6.07, 6.45) is 0.919. The maximum absolute atomic E-state index is 11.9. The van der Waals surface area contributed by atoms with Gasteiger partial charge in [-0.2, -0.15) is 0 Å². The van der Waals surface area contributed by atoms with Gasteiger partial charge in [-0.1, -0.05) is 38.1 Å². The highest BCUT2D eigenvalue weighted by Crippen LogP contribution is 2.41. The Morgan fingerprint density at radius 2 is 1.62 bits per heavy atom. The molecule has 0 saturated heterocycles. The van der Waals surface area contributed by atoms with Gasteiger partial charge in [-0.05, 0) is 61.1 Å². The van der Waals surface area contributed by atoms with E-state index in [9.17, 15) is 9.90 Å². The number of carbonyl (C=O) groups excluding carboxylic acids is 1. The second-order valence-corrected chi connectivity index (χ2v) is 7.44. The SMILES string of the molecule is CCC(CC)(c1ccc(OCC(O)CO)c(C)c1)c1ccc(C(=O)OC)c(C)c1. The van der Waals surface area contributed by atoms with Crippen molar-refractivity contribution in [3.8, 4) is 5.75 Å². The zero-order chi connectivity index (χ0) is 21.6. The van der Waals surface area contributed by atoms with Crippen molar-refractivity contribution in [3.05, 3.63) is 64.2 Å². The molecule has 0 saturated carbocycles. The lowest BCUT2D eigenvalue weighted by Crippen LogP contribution is -2.27. The molecule has 0 aromatic heterocycles. The predicted molar refractivity (Wildman–Crippen MR) is 114 cm³/mol. The highest BCUT2D eigenvalue weighted by atomic mass is 16.5. The topological polar surface area (TPSA) is 76.0 Å². The second kappa shape index (κ2) is 9.90. The fourth-order valence-corrected chi connectivity index (χ4v) is 3.88. The van der Waals surface area contributed by atoms with Crippen LogP contribution in [0.25, 0.3) is 0 Å². The van der Waals surface area contributed by atoms with Crippen molar-refractivity contribution in [2.24, 2.45) is 0 Å². The normalized spacial score (nSPS) is 12.5. The van der Waals surface area contributed by atoms with E-state index in [1.165, 1.54) is 12.7 Å². The fourth-order valence-electron chi connectivity index (χ4n) is 3.88. The molecule has 0 fully saturated rings. The van der Waals surface area contributed by atoms with Crippen LogP contribution in [0.5, 0.6) is 5.75 Å². The summed E-state index contributed by atoms with van der Waals surface area (Å²) in [5.41, 5.74) is 4.61. The van der Waals surface area contributed by atoms with E-state index >= 15 is 0 Å². The maximum atomic E-state index is 11.9. The number of methoxy groups -OCH3 is 1. The van der Waals surface area contributed by atoms with Gasteiger partial charge in [0.15, 0.2) is 0 Å². The lowest BCUT2D eigenvalue weighted by atomic mass is 9.70. The van der Waals surface area contributed by atoms with Crippen molar-refractivity contribution in [1.82, 2.24) is 0 Å². The first-order valence-electron chi connectivity index (χ1n) is 10.0. The molecule has 1 atom stereocenters. The highest BCUT2D eigenvalue weighted by Gasteiger charge is 2.31. The van der Waals surface area contributed by atoms with E-state index < -0.39 is 6.10 Å². The zero-order valence-corrected chi connectivity index (χ0v) is 18.0. The summed E-state index contributed by atoms with van der Waals surface area (Å²) in [4.78, 5) is 11.9. The summed E-state index contributed by atoms with van der Waals surface area (Å²) < 4.78 is 10.5. The van der Waals surface area contributed by atoms with Crippen molar-refractivity contribution in [2.75, 3.05) is 20.3 Å². The van der Waals surface area contributed by atoms with E-state index in [2.05, 4.69) is 32.0 Å². The van der Waals surface area contributed by atoms with Gasteiger partial charge >= 0.3 is 5.97 Å². The summed E-state index contributed by atoms with van der Waals surface area (Å²) in [7, 11) is 1.39. The number of rotatable bonds is 9. The number of esters is 1. The van der Waals surface area contributed by atoms with Crippen LogP contribution in [0.1, 0.15) is 59.3 Å². The maximum Gasteiger partial charge on any atom is 0.338 e. The van der Waals surface area contributed by atoms with Gasteiger partial charge < -0.3 is 19.7 Å². The van der Waals surface area contributed by atoms with Crippen molar-refractivity contribution >= 4 is 5.97 Å². The van der Waals surface area contributed by atoms with Crippen LogP contribution in [-0.2, 0) is 10.2 Å². The first kappa shape index (κ1) is 22.9. The number of aliphatic hydroxyl groups is 2. The van der Waals surface area contributed by atoms with Crippen LogP contribution >= 0.6 is 0 Å². The molecule has 0 radical (unpaired) electrons. The number of ether oxygens (including phenoxy) is 2.